The van der Waals surface area contributed by atoms with Gasteiger partial charge in [-0.15, -0.1) is 0 Å². The molecule has 16 heavy (non-hydrogen) atoms. The van der Waals surface area contributed by atoms with Crippen LogP contribution in [0.1, 0.15) is 36.7 Å². The summed E-state index contributed by atoms with van der Waals surface area (Å²) in [5.74, 6) is 0.0134. The average Bonchev–Trinajstić information content (AvgIpc) is 2.81. The van der Waals surface area contributed by atoms with Gasteiger partial charge in [-0.3, -0.25) is 4.79 Å². The average molecular weight is 222 g/mol. The number of hydrogen-bond donors (Lipinski definition) is 2. The highest BCUT2D eigenvalue weighted by molar-refractivity contribution is 5.92. The Kier molecular flexibility index (Phi) is 3.24. The summed E-state index contributed by atoms with van der Waals surface area (Å²) in [6.45, 7) is 2.76. The first-order valence-electron chi connectivity index (χ1n) is 5.75. The summed E-state index contributed by atoms with van der Waals surface area (Å²) in [6, 6.07) is 0.178. The topological polar surface area (TPSA) is 75.0 Å². The van der Waals surface area contributed by atoms with Crippen LogP contribution in [-0.4, -0.2) is 39.4 Å². The van der Waals surface area contributed by atoms with Crippen LogP contribution in [0.5, 0.6) is 0 Å². The molecule has 1 fully saturated rings. The van der Waals surface area contributed by atoms with Gasteiger partial charge in [-0.2, -0.15) is 0 Å². The molecule has 1 aliphatic heterocycles. The predicted molar refractivity (Wildman–Crippen MR) is 60.9 cm³/mol. The number of H-pyrrole nitrogens is 1. The van der Waals surface area contributed by atoms with Crippen molar-refractivity contribution in [3.8, 4) is 0 Å². The molecule has 1 saturated heterocycles. The van der Waals surface area contributed by atoms with Gasteiger partial charge < -0.3 is 15.6 Å². The Hall–Kier alpha value is -1.36. The van der Waals surface area contributed by atoms with Crippen molar-refractivity contribution >= 4 is 5.91 Å². The zero-order valence-corrected chi connectivity index (χ0v) is 9.52. The molecule has 0 radical (unpaired) electrons. The van der Waals surface area contributed by atoms with E-state index in [1.165, 1.54) is 6.33 Å². The lowest BCUT2D eigenvalue weighted by Gasteiger charge is -2.37. The molecular formula is C11H18N4O. The molecule has 5 heteroatoms. The molecule has 0 aromatic carbocycles. The fourth-order valence-electron chi connectivity index (χ4n) is 2.28. The zero-order valence-electron chi connectivity index (χ0n) is 9.52. The first-order valence-corrected chi connectivity index (χ1v) is 5.75. The molecule has 0 spiro atoms. The Balaban J connectivity index is 2.14. The van der Waals surface area contributed by atoms with Crippen molar-refractivity contribution in [2.45, 2.75) is 38.3 Å². The summed E-state index contributed by atoms with van der Waals surface area (Å²) in [7, 11) is 0. The first-order chi connectivity index (χ1) is 7.70. The van der Waals surface area contributed by atoms with E-state index in [2.05, 4.69) is 9.97 Å². The van der Waals surface area contributed by atoms with Gasteiger partial charge in [-0.25, -0.2) is 4.98 Å². The first kappa shape index (κ1) is 11.1. The van der Waals surface area contributed by atoms with Crippen molar-refractivity contribution in [3.05, 3.63) is 18.2 Å². The van der Waals surface area contributed by atoms with Crippen LogP contribution in [0.25, 0.3) is 0 Å². The number of likely N-dealkylation sites (tertiary alicyclic amines) is 1. The maximum Gasteiger partial charge on any atom is 0.272 e. The van der Waals surface area contributed by atoms with Crippen molar-refractivity contribution in [2.24, 2.45) is 5.73 Å². The second kappa shape index (κ2) is 4.65. The summed E-state index contributed by atoms with van der Waals surface area (Å²) >= 11 is 0. The van der Waals surface area contributed by atoms with Crippen molar-refractivity contribution in [2.75, 3.05) is 6.54 Å². The summed E-state index contributed by atoms with van der Waals surface area (Å²) in [5.41, 5.74) is 6.48. The molecule has 1 aromatic rings. The molecule has 0 saturated carbocycles. The molecule has 0 aliphatic carbocycles. The van der Waals surface area contributed by atoms with E-state index in [4.69, 9.17) is 5.73 Å². The van der Waals surface area contributed by atoms with Crippen LogP contribution in [0.4, 0.5) is 0 Å². The number of carbonyl (C=O) groups is 1. The second-order valence-corrected chi connectivity index (χ2v) is 4.39. The summed E-state index contributed by atoms with van der Waals surface area (Å²) < 4.78 is 0. The maximum absolute atomic E-state index is 12.2. The molecule has 2 atom stereocenters. The molecule has 5 nitrogen and oxygen atoms in total. The van der Waals surface area contributed by atoms with E-state index in [-0.39, 0.29) is 18.0 Å². The third-order valence-electron chi connectivity index (χ3n) is 3.15. The highest BCUT2D eigenvalue weighted by atomic mass is 16.2. The SMILES string of the molecule is CC(N)C1CCCCN1C(=O)c1cnc[nH]1. The van der Waals surface area contributed by atoms with E-state index < -0.39 is 0 Å². The van der Waals surface area contributed by atoms with Gasteiger partial charge in [0.2, 0.25) is 0 Å². The molecule has 88 valence electrons. The third-order valence-corrected chi connectivity index (χ3v) is 3.15. The number of amides is 1. The fraction of sp³-hybridized carbons (Fsp3) is 0.636. The molecule has 2 unspecified atom stereocenters. The maximum atomic E-state index is 12.2. The molecular weight excluding hydrogens is 204 g/mol. The molecule has 2 rings (SSSR count). The molecule has 1 amide bonds. The lowest BCUT2D eigenvalue weighted by molar-refractivity contribution is 0.0578. The standard InChI is InChI=1S/C11H18N4O/c1-8(12)10-4-2-3-5-15(10)11(16)9-6-13-7-14-9/h6-8,10H,2-5,12H2,1H3,(H,13,14). The largest absolute Gasteiger partial charge is 0.341 e. The monoisotopic (exact) mass is 222 g/mol. The van der Waals surface area contributed by atoms with Gasteiger partial charge in [0.25, 0.3) is 5.91 Å². The summed E-state index contributed by atoms with van der Waals surface area (Å²) in [4.78, 5) is 20.8. The number of imidazole rings is 1. The number of aromatic amines is 1. The van der Waals surface area contributed by atoms with Gasteiger partial charge in [0.15, 0.2) is 0 Å². The lowest BCUT2D eigenvalue weighted by atomic mass is 9.96. The van der Waals surface area contributed by atoms with Gasteiger partial charge in [0.05, 0.1) is 12.5 Å². The number of hydrogen-bond acceptors (Lipinski definition) is 3. The normalized spacial score (nSPS) is 23.1. The van der Waals surface area contributed by atoms with Crippen LogP contribution < -0.4 is 5.73 Å². The van der Waals surface area contributed by atoms with Crippen LogP contribution in [0.3, 0.4) is 0 Å². The minimum atomic E-state index is 0.0134. The molecule has 1 aromatic heterocycles. The Morgan fingerprint density at radius 3 is 3.12 bits per heavy atom. The van der Waals surface area contributed by atoms with Crippen molar-refractivity contribution in [1.82, 2.24) is 14.9 Å². The van der Waals surface area contributed by atoms with E-state index in [0.717, 1.165) is 25.8 Å². The summed E-state index contributed by atoms with van der Waals surface area (Å²) in [5, 5.41) is 0. The molecule has 0 bridgehead atoms. The van der Waals surface area contributed by atoms with Crippen molar-refractivity contribution in [3.63, 3.8) is 0 Å². The van der Waals surface area contributed by atoms with Gasteiger partial charge >= 0.3 is 0 Å². The number of nitrogens with two attached hydrogens (primary N) is 1. The Bertz CT molecular complexity index is 347. The number of nitrogens with one attached hydrogen (secondary N) is 1. The Morgan fingerprint density at radius 1 is 1.69 bits per heavy atom. The Labute approximate surface area is 95.0 Å². The minimum Gasteiger partial charge on any atom is -0.341 e. The summed E-state index contributed by atoms with van der Waals surface area (Å²) in [6.07, 6.45) is 6.30. The highest BCUT2D eigenvalue weighted by Crippen LogP contribution is 2.20. The lowest BCUT2D eigenvalue weighted by Crippen LogP contribution is -2.51. The van der Waals surface area contributed by atoms with E-state index in [1.807, 2.05) is 11.8 Å². The van der Waals surface area contributed by atoms with Crippen LogP contribution in [0, 0.1) is 0 Å². The smallest absolute Gasteiger partial charge is 0.272 e. The fourth-order valence-corrected chi connectivity index (χ4v) is 2.28. The van der Waals surface area contributed by atoms with E-state index in [9.17, 15) is 4.79 Å². The molecule has 3 N–H and O–H groups in total. The number of carbonyl (C=O) groups excluding carboxylic acids is 1. The quantitative estimate of drug-likeness (QED) is 0.775. The van der Waals surface area contributed by atoms with Crippen molar-refractivity contribution < 1.29 is 4.79 Å². The molecule has 2 heterocycles. The number of aromatic nitrogens is 2. The van der Waals surface area contributed by atoms with Crippen molar-refractivity contribution in [1.29, 1.82) is 0 Å². The van der Waals surface area contributed by atoms with Gasteiger partial charge in [0.1, 0.15) is 5.69 Å². The minimum absolute atomic E-state index is 0.0134. The predicted octanol–water partition coefficient (Wildman–Crippen LogP) is 0.752. The number of rotatable bonds is 2. The Morgan fingerprint density at radius 2 is 2.50 bits per heavy atom. The zero-order chi connectivity index (χ0) is 11.5. The third kappa shape index (κ3) is 2.09. The van der Waals surface area contributed by atoms with Crippen LogP contribution in [0.2, 0.25) is 0 Å². The van der Waals surface area contributed by atoms with Crippen LogP contribution in [-0.2, 0) is 0 Å². The number of piperidine rings is 1. The van der Waals surface area contributed by atoms with Crippen LogP contribution >= 0.6 is 0 Å². The molecule has 1 aliphatic rings. The second-order valence-electron chi connectivity index (χ2n) is 4.39. The van der Waals surface area contributed by atoms with Crippen LogP contribution in [0.15, 0.2) is 12.5 Å². The van der Waals surface area contributed by atoms with E-state index in [1.54, 1.807) is 6.20 Å². The highest BCUT2D eigenvalue weighted by Gasteiger charge is 2.30. The van der Waals surface area contributed by atoms with E-state index >= 15 is 0 Å². The van der Waals surface area contributed by atoms with Gasteiger partial charge in [-0.05, 0) is 26.2 Å². The van der Waals surface area contributed by atoms with Gasteiger partial charge in [0, 0.05) is 18.6 Å². The van der Waals surface area contributed by atoms with Gasteiger partial charge in [-0.1, -0.05) is 0 Å². The van der Waals surface area contributed by atoms with E-state index in [0.29, 0.717) is 5.69 Å². The number of nitrogens with zero attached hydrogens (tertiary/aromatic N) is 2.